The summed E-state index contributed by atoms with van der Waals surface area (Å²) in [5, 5.41) is 0. The number of benzene rings is 2. The summed E-state index contributed by atoms with van der Waals surface area (Å²) in [6.07, 6.45) is 1.22. The molecule has 0 unspecified atom stereocenters. The van der Waals surface area contributed by atoms with E-state index in [2.05, 4.69) is 0 Å². The Bertz CT molecular complexity index is 892. The lowest BCUT2D eigenvalue weighted by Crippen LogP contribution is -2.07. The zero-order chi connectivity index (χ0) is 19.5. The van der Waals surface area contributed by atoms with Gasteiger partial charge in [0.1, 0.15) is 0 Å². The third kappa shape index (κ3) is 3.33. The molecule has 0 spiro atoms. The molecule has 8 nitrogen and oxygen atoms in total. The average Bonchev–Trinajstić information content (AvgIpc) is 3.37. The quantitative estimate of drug-likeness (QED) is 0.529. The van der Waals surface area contributed by atoms with Crippen molar-refractivity contribution in [3.8, 4) is 34.5 Å². The zero-order valence-corrected chi connectivity index (χ0v) is 15.6. The van der Waals surface area contributed by atoms with Crippen LogP contribution in [-0.4, -0.2) is 40.4 Å². The van der Waals surface area contributed by atoms with Crippen molar-refractivity contribution in [2.45, 2.75) is 12.8 Å². The molecule has 8 heteroatoms. The van der Waals surface area contributed by atoms with Crippen LogP contribution in [0.3, 0.4) is 0 Å². The molecule has 0 amide bonds. The van der Waals surface area contributed by atoms with E-state index in [1.807, 2.05) is 6.07 Å². The van der Waals surface area contributed by atoms with Gasteiger partial charge in [-0.25, -0.2) is 4.79 Å². The normalized spacial score (nSPS) is 13.4. The number of fused-ring (bicyclic) bond motifs is 2. The number of hydrogen-bond acceptors (Lipinski definition) is 8. The molecule has 0 aliphatic carbocycles. The first-order chi connectivity index (χ1) is 13.7. The maximum absolute atomic E-state index is 12.2. The van der Waals surface area contributed by atoms with E-state index in [4.69, 9.17) is 33.2 Å². The van der Waals surface area contributed by atoms with Crippen molar-refractivity contribution in [2.75, 3.05) is 34.4 Å². The molecular weight excluding hydrogens is 368 g/mol. The van der Waals surface area contributed by atoms with Gasteiger partial charge in [0, 0.05) is 5.56 Å². The molecule has 0 fully saturated rings. The largest absolute Gasteiger partial charge is 0.492 e. The number of rotatable bonds is 7. The molecule has 4 rings (SSSR count). The number of hydrogen-bond donors (Lipinski definition) is 0. The SMILES string of the molecule is COc1c(CCCOC(=O)c2ccc3c(c2)OCO3)cc2c(c1OC)OCO2. The molecule has 0 atom stereocenters. The Hall–Kier alpha value is -3.29. The second-order valence-electron chi connectivity index (χ2n) is 6.14. The molecule has 0 radical (unpaired) electrons. The summed E-state index contributed by atoms with van der Waals surface area (Å²) in [5.41, 5.74) is 1.31. The molecule has 0 N–H and O–H groups in total. The van der Waals surface area contributed by atoms with Gasteiger partial charge in [0.15, 0.2) is 23.0 Å². The van der Waals surface area contributed by atoms with Gasteiger partial charge in [0.05, 0.1) is 26.4 Å². The van der Waals surface area contributed by atoms with Crippen LogP contribution in [0.1, 0.15) is 22.3 Å². The average molecular weight is 388 g/mol. The van der Waals surface area contributed by atoms with Crippen molar-refractivity contribution in [3.05, 3.63) is 35.4 Å². The Kier molecular flexibility index (Phi) is 5.01. The number of methoxy groups -OCH3 is 2. The summed E-state index contributed by atoms with van der Waals surface area (Å²) >= 11 is 0. The molecule has 2 heterocycles. The maximum Gasteiger partial charge on any atom is 0.338 e. The smallest absolute Gasteiger partial charge is 0.338 e. The third-order valence-electron chi connectivity index (χ3n) is 4.49. The minimum Gasteiger partial charge on any atom is -0.492 e. The van der Waals surface area contributed by atoms with Gasteiger partial charge in [-0.05, 0) is 37.1 Å². The van der Waals surface area contributed by atoms with Gasteiger partial charge in [-0.1, -0.05) is 0 Å². The minimum absolute atomic E-state index is 0.144. The Morgan fingerprint density at radius 2 is 1.68 bits per heavy atom. The molecule has 2 aromatic carbocycles. The van der Waals surface area contributed by atoms with E-state index in [1.165, 1.54) is 0 Å². The van der Waals surface area contributed by atoms with Crippen molar-refractivity contribution in [1.82, 2.24) is 0 Å². The fraction of sp³-hybridized carbons (Fsp3) is 0.350. The molecular formula is C20H20O8. The van der Waals surface area contributed by atoms with Gasteiger partial charge < -0.3 is 33.2 Å². The van der Waals surface area contributed by atoms with Crippen molar-refractivity contribution in [2.24, 2.45) is 0 Å². The van der Waals surface area contributed by atoms with E-state index in [0.717, 1.165) is 5.56 Å². The molecule has 0 aromatic heterocycles. The molecule has 0 saturated heterocycles. The van der Waals surface area contributed by atoms with Crippen molar-refractivity contribution >= 4 is 5.97 Å². The standard InChI is InChI=1S/C20H20O8/c1-22-17-12(8-16-18(19(17)23-2)28-11-27-16)4-3-7-24-20(21)13-5-6-14-15(9-13)26-10-25-14/h5-6,8-9H,3-4,7,10-11H2,1-2H3. The monoisotopic (exact) mass is 388 g/mol. The highest BCUT2D eigenvalue weighted by Gasteiger charge is 2.26. The highest BCUT2D eigenvalue weighted by atomic mass is 16.7. The van der Waals surface area contributed by atoms with Crippen LogP contribution >= 0.6 is 0 Å². The second kappa shape index (κ2) is 7.75. The van der Waals surface area contributed by atoms with E-state index in [0.29, 0.717) is 52.9 Å². The molecule has 0 saturated carbocycles. The highest BCUT2D eigenvalue weighted by Crippen LogP contribution is 2.49. The zero-order valence-electron chi connectivity index (χ0n) is 15.6. The lowest BCUT2D eigenvalue weighted by molar-refractivity contribution is 0.0500. The number of carbonyl (C=O) groups is 1. The summed E-state index contributed by atoms with van der Waals surface area (Å²) in [6, 6.07) is 6.84. The van der Waals surface area contributed by atoms with Gasteiger partial charge in [-0.2, -0.15) is 0 Å². The Morgan fingerprint density at radius 1 is 0.929 bits per heavy atom. The summed E-state index contributed by atoms with van der Waals surface area (Å²) in [6.45, 7) is 0.563. The van der Waals surface area contributed by atoms with Gasteiger partial charge >= 0.3 is 5.97 Å². The Balaban J connectivity index is 1.37. The number of ether oxygens (including phenoxy) is 7. The van der Waals surface area contributed by atoms with E-state index < -0.39 is 5.97 Å². The summed E-state index contributed by atoms with van der Waals surface area (Å²) in [4.78, 5) is 12.2. The topological polar surface area (TPSA) is 81.7 Å². The lowest BCUT2D eigenvalue weighted by atomic mass is 10.1. The first-order valence-corrected chi connectivity index (χ1v) is 8.81. The van der Waals surface area contributed by atoms with Crippen LogP contribution in [0.4, 0.5) is 0 Å². The fourth-order valence-corrected chi connectivity index (χ4v) is 3.18. The predicted octanol–water partition coefficient (Wildman–Crippen LogP) is 2.95. The minimum atomic E-state index is -0.409. The fourth-order valence-electron chi connectivity index (χ4n) is 3.18. The van der Waals surface area contributed by atoms with Crippen LogP contribution in [0.25, 0.3) is 0 Å². The Morgan fingerprint density at radius 3 is 2.50 bits per heavy atom. The highest BCUT2D eigenvalue weighted by molar-refractivity contribution is 5.90. The van der Waals surface area contributed by atoms with E-state index in [-0.39, 0.29) is 20.2 Å². The van der Waals surface area contributed by atoms with Crippen LogP contribution in [0.5, 0.6) is 34.5 Å². The van der Waals surface area contributed by atoms with Gasteiger partial charge in [-0.3, -0.25) is 0 Å². The molecule has 0 bridgehead atoms. The first kappa shape index (κ1) is 18.1. The van der Waals surface area contributed by atoms with Crippen LogP contribution in [-0.2, 0) is 11.2 Å². The number of esters is 1. The predicted molar refractivity (Wildman–Crippen MR) is 96.8 cm³/mol. The Labute approximate surface area is 161 Å². The van der Waals surface area contributed by atoms with Crippen LogP contribution in [0, 0.1) is 0 Å². The van der Waals surface area contributed by atoms with Gasteiger partial charge in [0.2, 0.25) is 25.1 Å². The molecule has 2 aromatic rings. The number of aryl methyl sites for hydroxylation is 1. The molecule has 2 aliphatic rings. The number of carbonyl (C=O) groups excluding carboxylic acids is 1. The third-order valence-corrected chi connectivity index (χ3v) is 4.49. The summed E-state index contributed by atoms with van der Waals surface area (Å²) < 4.78 is 37.7. The van der Waals surface area contributed by atoms with Gasteiger partial charge in [-0.15, -0.1) is 0 Å². The van der Waals surface area contributed by atoms with Crippen molar-refractivity contribution in [3.63, 3.8) is 0 Å². The second-order valence-corrected chi connectivity index (χ2v) is 6.14. The molecule has 148 valence electrons. The summed E-state index contributed by atoms with van der Waals surface area (Å²) in [7, 11) is 3.12. The van der Waals surface area contributed by atoms with E-state index in [1.54, 1.807) is 32.4 Å². The van der Waals surface area contributed by atoms with E-state index >= 15 is 0 Å². The van der Waals surface area contributed by atoms with Crippen LogP contribution in [0.2, 0.25) is 0 Å². The molecule has 2 aliphatic heterocycles. The lowest BCUT2D eigenvalue weighted by Gasteiger charge is -2.15. The summed E-state index contributed by atoms with van der Waals surface area (Å²) in [5.74, 6) is 3.02. The van der Waals surface area contributed by atoms with Crippen molar-refractivity contribution in [1.29, 1.82) is 0 Å². The van der Waals surface area contributed by atoms with Crippen LogP contribution in [0.15, 0.2) is 24.3 Å². The van der Waals surface area contributed by atoms with Crippen LogP contribution < -0.4 is 28.4 Å². The van der Waals surface area contributed by atoms with Gasteiger partial charge in [0.25, 0.3) is 0 Å². The van der Waals surface area contributed by atoms with E-state index in [9.17, 15) is 4.79 Å². The maximum atomic E-state index is 12.2. The first-order valence-electron chi connectivity index (χ1n) is 8.81. The van der Waals surface area contributed by atoms with Crippen molar-refractivity contribution < 1.29 is 38.0 Å². The molecule has 28 heavy (non-hydrogen) atoms.